The molecule has 0 heterocycles. The number of hydrogen-bond donors (Lipinski definition) is 1. The quantitative estimate of drug-likeness (QED) is 0.234. The lowest BCUT2D eigenvalue weighted by atomic mass is 10.1. The van der Waals surface area contributed by atoms with Gasteiger partial charge in [0.1, 0.15) is 12.6 Å². The van der Waals surface area contributed by atoms with Crippen LogP contribution < -0.4 is 9.62 Å². The first kappa shape index (κ1) is 32.0. The number of benzene rings is 3. The summed E-state index contributed by atoms with van der Waals surface area (Å²) in [6.45, 7) is 3.46. The van der Waals surface area contributed by atoms with E-state index in [1.54, 1.807) is 43.3 Å². The molecule has 0 radical (unpaired) electrons. The second-order valence-corrected chi connectivity index (χ2v) is 12.4. The lowest BCUT2D eigenvalue weighted by molar-refractivity contribution is -0.140. The summed E-state index contributed by atoms with van der Waals surface area (Å²) in [4.78, 5) is 28.5. The zero-order valence-corrected chi connectivity index (χ0v) is 25.8. The molecule has 3 aromatic carbocycles. The van der Waals surface area contributed by atoms with Crippen molar-refractivity contribution in [3.05, 3.63) is 92.4 Å². The van der Waals surface area contributed by atoms with Crippen molar-refractivity contribution in [3.63, 3.8) is 0 Å². The second kappa shape index (κ2) is 14.4. The predicted octanol–water partition coefficient (Wildman–Crippen LogP) is 6.83. The van der Waals surface area contributed by atoms with Gasteiger partial charge in [-0.2, -0.15) is 0 Å². The molecule has 7 nitrogen and oxygen atoms in total. The molecule has 0 aliphatic rings. The number of nitrogens with zero attached hydrogens (tertiary/aromatic N) is 2. The lowest BCUT2D eigenvalue weighted by Crippen LogP contribution is -2.52. The highest BCUT2D eigenvalue weighted by molar-refractivity contribution is 7.92. The standard InChI is InChI=1S/C28H29Cl4N3O4S/c1-3-14-33-28(37)25(4-2)34(17-19-10-12-22(30)24(32)15-19)27(36)18-35(26-16-20(29)11-13-23(26)31)40(38,39)21-8-6-5-7-9-21/h5-13,15-16,25H,3-4,14,17-18H2,1-2H3,(H,33,37)/t25-/m0/s1. The fourth-order valence-electron chi connectivity index (χ4n) is 4.03. The van der Waals surface area contributed by atoms with Crippen LogP contribution >= 0.6 is 46.4 Å². The van der Waals surface area contributed by atoms with E-state index >= 15 is 0 Å². The lowest BCUT2D eigenvalue weighted by Gasteiger charge is -2.33. The Morgan fingerprint density at radius 3 is 2.17 bits per heavy atom. The molecule has 0 aromatic heterocycles. The zero-order valence-electron chi connectivity index (χ0n) is 21.9. The number of sulfonamides is 1. The molecule has 0 aliphatic heterocycles. The number of anilines is 1. The van der Waals surface area contributed by atoms with Gasteiger partial charge < -0.3 is 10.2 Å². The molecule has 0 spiro atoms. The number of nitrogens with one attached hydrogen (secondary N) is 1. The van der Waals surface area contributed by atoms with Crippen molar-refractivity contribution in [1.82, 2.24) is 10.2 Å². The van der Waals surface area contributed by atoms with Gasteiger partial charge >= 0.3 is 0 Å². The molecule has 0 unspecified atom stereocenters. The molecule has 3 rings (SSSR count). The average molecular weight is 645 g/mol. The first-order valence-corrected chi connectivity index (χ1v) is 15.5. The molecular formula is C28H29Cl4N3O4S. The van der Waals surface area contributed by atoms with E-state index in [0.717, 1.165) is 4.31 Å². The van der Waals surface area contributed by atoms with Gasteiger partial charge in [-0.1, -0.05) is 84.5 Å². The Hall–Kier alpha value is -2.49. The van der Waals surface area contributed by atoms with Crippen molar-refractivity contribution in [2.24, 2.45) is 0 Å². The second-order valence-electron chi connectivity index (χ2n) is 8.91. The Balaban J connectivity index is 2.09. The molecule has 0 aliphatic carbocycles. The minimum atomic E-state index is -4.27. The van der Waals surface area contributed by atoms with Crippen LogP contribution in [-0.2, 0) is 26.2 Å². The molecule has 2 amide bonds. The van der Waals surface area contributed by atoms with Gasteiger partial charge in [-0.05, 0) is 60.9 Å². The molecule has 1 atom stereocenters. The Morgan fingerprint density at radius 2 is 1.55 bits per heavy atom. The summed E-state index contributed by atoms with van der Waals surface area (Å²) in [5, 5.41) is 3.78. The van der Waals surface area contributed by atoms with Gasteiger partial charge in [0.15, 0.2) is 0 Å². The third kappa shape index (κ3) is 7.83. The van der Waals surface area contributed by atoms with Crippen molar-refractivity contribution in [2.45, 2.75) is 44.2 Å². The van der Waals surface area contributed by atoms with E-state index in [9.17, 15) is 18.0 Å². The fourth-order valence-corrected chi connectivity index (χ4v) is 6.23. The van der Waals surface area contributed by atoms with Crippen LogP contribution in [0.1, 0.15) is 32.3 Å². The van der Waals surface area contributed by atoms with Crippen LogP contribution in [0.25, 0.3) is 0 Å². The van der Waals surface area contributed by atoms with E-state index in [1.165, 1.54) is 35.2 Å². The maximum absolute atomic E-state index is 14.0. The molecular weight excluding hydrogens is 616 g/mol. The first-order valence-electron chi connectivity index (χ1n) is 12.5. The van der Waals surface area contributed by atoms with Crippen molar-refractivity contribution in [2.75, 3.05) is 17.4 Å². The summed E-state index contributed by atoms with van der Waals surface area (Å²) < 4.78 is 28.6. The molecule has 0 saturated heterocycles. The summed E-state index contributed by atoms with van der Waals surface area (Å²) >= 11 is 24.9. The molecule has 0 fully saturated rings. The average Bonchev–Trinajstić information content (AvgIpc) is 2.94. The van der Waals surface area contributed by atoms with Gasteiger partial charge in [-0.3, -0.25) is 13.9 Å². The summed E-state index contributed by atoms with van der Waals surface area (Å²) in [5.74, 6) is -0.976. The zero-order chi connectivity index (χ0) is 29.4. The predicted molar refractivity (Wildman–Crippen MR) is 162 cm³/mol. The Bertz CT molecular complexity index is 1460. The maximum atomic E-state index is 14.0. The number of rotatable bonds is 12. The molecule has 0 bridgehead atoms. The summed E-state index contributed by atoms with van der Waals surface area (Å²) in [7, 11) is -4.27. The van der Waals surface area contributed by atoms with E-state index in [4.69, 9.17) is 46.4 Å². The van der Waals surface area contributed by atoms with Crippen molar-refractivity contribution in [3.8, 4) is 0 Å². The summed E-state index contributed by atoms with van der Waals surface area (Å²) in [6, 6.07) is 16.0. The van der Waals surface area contributed by atoms with Crippen LogP contribution in [0, 0.1) is 0 Å². The highest BCUT2D eigenvalue weighted by Gasteiger charge is 2.34. The number of amides is 2. The SMILES string of the molecule is CCCNC(=O)[C@H](CC)N(Cc1ccc(Cl)c(Cl)c1)C(=O)CN(c1cc(Cl)ccc1Cl)S(=O)(=O)c1ccccc1. The van der Waals surface area contributed by atoms with Crippen LogP contribution in [0.2, 0.25) is 20.1 Å². The van der Waals surface area contributed by atoms with E-state index < -0.39 is 28.5 Å². The number of halogens is 4. The van der Waals surface area contributed by atoms with Gasteiger partial charge in [0.25, 0.3) is 10.0 Å². The van der Waals surface area contributed by atoms with E-state index in [-0.39, 0.29) is 44.5 Å². The van der Waals surface area contributed by atoms with Crippen LogP contribution in [0.5, 0.6) is 0 Å². The van der Waals surface area contributed by atoms with Gasteiger partial charge in [-0.25, -0.2) is 8.42 Å². The molecule has 0 saturated carbocycles. The maximum Gasteiger partial charge on any atom is 0.264 e. The summed E-state index contributed by atoms with van der Waals surface area (Å²) in [5.41, 5.74) is 0.645. The van der Waals surface area contributed by atoms with Gasteiger partial charge in [-0.15, -0.1) is 0 Å². The van der Waals surface area contributed by atoms with E-state index in [2.05, 4.69) is 5.32 Å². The molecule has 12 heteroatoms. The van der Waals surface area contributed by atoms with Crippen molar-refractivity contribution < 1.29 is 18.0 Å². The van der Waals surface area contributed by atoms with Crippen LogP contribution in [0.15, 0.2) is 71.6 Å². The normalized spacial score (nSPS) is 12.1. The minimum absolute atomic E-state index is 0.0176. The molecule has 214 valence electrons. The van der Waals surface area contributed by atoms with Crippen LogP contribution in [0.3, 0.4) is 0 Å². The van der Waals surface area contributed by atoms with Crippen molar-refractivity contribution in [1.29, 1.82) is 0 Å². The third-order valence-electron chi connectivity index (χ3n) is 6.06. The number of hydrogen-bond acceptors (Lipinski definition) is 4. The molecule has 3 aromatic rings. The molecule has 40 heavy (non-hydrogen) atoms. The monoisotopic (exact) mass is 643 g/mol. The van der Waals surface area contributed by atoms with E-state index in [1.807, 2.05) is 6.92 Å². The molecule has 1 N–H and O–H groups in total. The van der Waals surface area contributed by atoms with Crippen LogP contribution in [0.4, 0.5) is 5.69 Å². The van der Waals surface area contributed by atoms with Crippen LogP contribution in [-0.4, -0.2) is 44.3 Å². The Labute approximate surface area is 255 Å². The first-order chi connectivity index (χ1) is 19.0. The van der Waals surface area contributed by atoms with Gasteiger partial charge in [0.2, 0.25) is 11.8 Å². The Morgan fingerprint density at radius 1 is 0.875 bits per heavy atom. The third-order valence-corrected chi connectivity index (χ3v) is 9.13. The van der Waals surface area contributed by atoms with Gasteiger partial charge in [0.05, 0.1) is 25.7 Å². The minimum Gasteiger partial charge on any atom is -0.354 e. The number of carbonyl (C=O) groups excluding carboxylic acids is 2. The van der Waals surface area contributed by atoms with Gasteiger partial charge in [0, 0.05) is 18.1 Å². The summed E-state index contributed by atoms with van der Waals surface area (Å²) in [6.07, 6.45) is 0.991. The Kier molecular flexibility index (Phi) is 11.5. The topological polar surface area (TPSA) is 86.8 Å². The largest absolute Gasteiger partial charge is 0.354 e. The smallest absolute Gasteiger partial charge is 0.264 e. The highest BCUT2D eigenvalue weighted by Crippen LogP contribution is 2.33. The highest BCUT2D eigenvalue weighted by atomic mass is 35.5. The van der Waals surface area contributed by atoms with E-state index in [0.29, 0.717) is 23.6 Å². The fraction of sp³-hybridized carbons (Fsp3) is 0.286. The van der Waals surface area contributed by atoms with Crippen molar-refractivity contribution >= 4 is 73.9 Å². The number of carbonyl (C=O) groups is 2.